The Morgan fingerprint density at radius 3 is 2.77 bits per heavy atom. The zero-order chi connectivity index (χ0) is 9.52. The molecule has 0 saturated heterocycles. The van der Waals surface area contributed by atoms with Crippen molar-refractivity contribution >= 4 is 5.95 Å². The molecular formula is C9H10FN3. The zero-order valence-electron chi connectivity index (χ0n) is 7.13. The van der Waals surface area contributed by atoms with Gasteiger partial charge in [-0.2, -0.15) is 0 Å². The van der Waals surface area contributed by atoms with Crippen molar-refractivity contribution in [3.8, 4) is 12.3 Å². The number of anilines is 1. The molecule has 3 nitrogen and oxygen atoms in total. The van der Waals surface area contributed by atoms with Crippen LogP contribution in [0.15, 0.2) is 12.4 Å². The summed E-state index contributed by atoms with van der Waals surface area (Å²) in [5.74, 6) is 2.52. The number of halogens is 1. The maximum atomic E-state index is 12.4. The van der Waals surface area contributed by atoms with Crippen molar-refractivity contribution in [3.63, 3.8) is 0 Å². The highest BCUT2D eigenvalue weighted by molar-refractivity contribution is 5.21. The molecule has 0 aliphatic heterocycles. The molecule has 1 N–H and O–H groups in total. The van der Waals surface area contributed by atoms with Crippen molar-refractivity contribution in [1.29, 1.82) is 0 Å². The van der Waals surface area contributed by atoms with Crippen molar-refractivity contribution in [3.05, 3.63) is 18.2 Å². The van der Waals surface area contributed by atoms with Gasteiger partial charge in [-0.1, -0.05) is 0 Å². The van der Waals surface area contributed by atoms with Gasteiger partial charge >= 0.3 is 0 Å². The second-order valence-electron chi connectivity index (χ2n) is 2.46. The molecule has 0 saturated carbocycles. The molecule has 4 heteroatoms. The van der Waals surface area contributed by atoms with E-state index in [0.717, 1.165) is 18.8 Å². The average Bonchev–Trinajstić information content (AvgIpc) is 2.15. The van der Waals surface area contributed by atoms with Gasteiger partial charge in [0.05, 0.1) is 12.4 Å². The Morgan fingerprint density at radius 1 is 1.46 bits per heavy atom. The number of hydrogen-bond acceptors (Lipinski definition) is 3. The van der Waals surface area contributed by atoms with Crippen LogP contribution >= 0.6 is 0 Å². The molecule has 0 atom stereocenters. The molecule has 0 amide bonds. The summed E-state index contributed by atoms with van der Waals surface area (Å²) >= 11 is 0. The Bertz CT molecular complexity index is 289. The molecular weight excluding hydrogens is 169 g/mol. The molecule has 0 fully saturated rings. The van der Waals surface area contributed by atoms with Crippen molar-refractivity contribution < 1.29 is 4.39 Å². The first-order valence-corrected chi connectivity index (χ1v) is 3.98. The van der Waals surface area contributed by atoms with Crippen LogP contribution in [0.1, 0.15) is 12.8 Å². The Hall–Kier alpha value is -1.63. The molecule has 0 bridgehead atoms. The average molecular weight is 179 g/mol. The van der Waals surface area contributed by atoms with E-state index < -0.39 is 5.82 Å². The standard InChI is InChI=1S/C9H10FN3/c1-2-3-4-5-11-9-12-6-8(10)7-13-9/h1,6-7H,3-5H2,(H,11,12,13). The summed E-state index contributed by atoms with van der Waals surface area (Å²) in [6, 6.07) is 0. The summed E-state index contributed by atoms with van der Waals surface area (Å²) in [4.78, 5) is 7.45. The number of hydrogen-bond donors (Lipinski definition) is 1. The van der Waals surface area contributed by atoms with Crippen molar-refractivity contribution in [1.82, 2.24) is 9.97 Å². The second kappa shape index (κ2) is 5.09. The lowest BCUT2D eigenvalue weighted by molar-refractivity contribution is 0.614. The van der Waals surface area contributed by atoms with Gasteiger partial charge in [0.2, 0.25) is 5.95 Å². The maximum absolute atomic E-state index is 12.4. The number of nitrogens with one attached hydrogen (secondary N) is 1. The summed E-state index contributed by atoms with van der Waals surface area (Å²) in [5.41, 5.74) is 0. The van der Waals surface area contributed by atoms with Gasteiger partial charge in [-0.05, 0) is 6.42 Å². The van der Waals surface area contributed by atoms with E-state index >= 15 is 0 Å². The first kappa shape index (κ1) is 9.46. The van der Waals surface area contributed by atoms with Gasteiger partial charge in [0, 0.05) is 13.0 Å². The van der Waals surface area contributed by atoms with E-state index in [1.807, 2.05) is 0 Å². The molecule has 0 aliphatic carbocycles. The van der Waals surface area contributed by atoms with Gasteiger partial charge in [0.1, 0.15) is 0 Å². The molecule has 0 spiro atoms. The predicted octanol–water partition coefficient (Wildman–Crippen LogP) is 1.44. The number of rotatable bonds is 4. The molecule has 13 heavy (non-hydrogen) atoms. The fourth-order valence-corrected chi connectivity index (χ4v) is 0.794. The van der Waals surface area contributed by atoms with Crippen LogP contribution in [-0.4, -0.2) is 16.5 Å². The third-order valence-electron chi connectivity index (χ3n) is 1.40. The van der Waals surface area contributed by atoms with Crippen LogP contribution in [0.2, 0.25) is 0 Å². The number of nitrogens with zero attached hydrogens (tertiary/aromatic N) is 2. The predicted molar refractivity (Wildman–Crippen MR) is 48.5 cm³/mol. The molecule has 0 aliphatic rings. The molecule has 1 aromatic rings. The van der Waals surface area contributed by atoms with Crippen molar-refractivity contribution in [2.45, 2.75) is 12.8 Å². The molecule has 1 aromatic heterocycles. The van der Waals surface area contributed by atoms with Crippen molar-refractivity contribution in [2.75, 3.05) is 11.9 Å². The monoisotopic (exact) mass is 179 g/mol. The summed E-state index contributed by atoms with van der Waals surface area (Å²) in [5, 5.41) is 2.92. The van der Waals surface area contributed by atoms with Crippen LogP contribution in [0.3, 0.4) is 0 Å². The lowest BCUT2D eigenvalue weighted by Crippen LogP contribution is -2.04. The van der Waals surface area contributed by atoms with Gasteiger partial charge in [0.25, 0.3) is 0 Å². The highest BCUT2D eigenvalue weighted by atomic mass is 19.1. The first-order valence-electron chi connectivity index (χ1n) is 3.98. The topological polar surface area (TPSA) is 37.8 Å². The number of aromatic nitrogens is 2. The lowest BCUT2D eigenvalue weighted by atomic mass is 10.3. The summed E-state index contributed by atoms with van der Waals surface area (Å²) < 4.78 is 12.4. The highest BCUT2D eigenvalue weighted by Crippen LogP contribution is 1.98. The summed E-state index contributed by atoms with van der Waals surface area (Å²) in [6.07, 6.45) is 8.89. The molecule has 0 radical (unpaired) electrons. The second-order valence-corrected chi connectivity index (χ2v) is 2.46. The fraction of sp³-hybridized carbons (Fsp3) is 0.333. The summed E-state index contributed by atoms with van der Waals surface area (Å²) in [7, 11) is 0. The van der Waals surface area contributed by atoms with Gasteiger partial charge in [0.15, 0.2) is 5.82 Å². The Balaban J connectivity index is 2.30. The third-order valence-corrected chi connectivity index (χ3v) is 1.40. The van der Waals surface area contributed by atoms with E-state index in [1.54, 1.807) is 0 Å². The minimum atomic E-state index is -0.436. The third kappa shape index (κ3) is 3.52. The van der Waals surface area contributed by atoms with Crippen LogP contribution < -0.4 is 5.32 Å². The Labute approximate surface area is 76.4 Å². The fourth-order valence-electron chi connectivity index (χ4n) is 0.794. The zero-order valence-corrected chi connectivity index (χ0v) is 7.13. The quantitative estimate of drug-likeness (QED) is 0.561. The van der Waals surface area contributed by atoms with Gasteiger partial charge in [-0.15, -0.1) is 12.3 Å². The highest BCUT2D eigenvalue weighted by Gasteiger charge is 1.94. The largest absolute Gasteiger partial charge is 0.354 e. The van der Waals surface area contributed by atoms with E-state index in [2.05, 4.69) is 21.2 Å². The maximum Gasteiger partial charge on any atom is 0.222 e. The molecule has 0 aromatic carbocycles. The van der Waals surface area contributed by atoms with Crippen LogP contribution in [-0.2, 0) is 0 Å². The van der Waals surface area contributed by atoms with Gasteiger partial charge in [-0.3, -0.25) is 0 Å². The molecule has 1 heterocycles. The van der Waals surface area contributed by atoms with Crippen LogP contribution in [0, 0.1) is 18.2 Å². The summed E-state index contributed by atoms with van der Waals surface area (Å²) in [6.45, 7) is 0.704. The minimum absolute atomic E-state index is 0.429. The van der Waals surface area contributed by atoms with Gasteiger partial charge < -0.3 is 5.32 Å². The van der Waals surface area contributed by atoms with E-state index in [0.29, 0.717) is 18.9 Å². The normalized spacial score (nSPS) is 9.23. The molecule has 68 valence electrons. The first-order chi connectivity index (χ1) is 6.33. The van der Waals surface area contributed by atoms with E-state index in [-0.39, 0.29) is 0 Å². The Morgan fingerprint density at radius 2 is 2.15 bits per heavy atom. The van der Waals surface area contributed by atoms with E-state index in [1.165, 1.54) is 0 Å². The number of terminal acetylenes is 1. The van der Waals surface area contributed by atoms with Crippen molar-refractivity contribution in [2.24, 2.45) is 0 Å². The lowest BCUT2D eigenvalue weighted by Gasteiger charge is -2.01. The van der Waals surface area contributed by atoms with Crippen LogP contribution in [0.25, 0.3) is 0 Å². The smallest absolute Gasteiger partial charge is 0.222 e. The van der Waals surface area contributed by atoms with Crippen LogP contribution in [0.5, 0.6) is 0 Å². The van der Waals surface area contributed by atoms with Crippen LogP contribution in [0.4, 0.5) is 10.3 Å². The van der Waals surface area contributed by atoms with Gasteiger partial charge in [-0.25, -0.2) is 14.4 Å². The number of unbranched alkanes of at least 4 members (excludes halogenated alkanes) is 1. The Kier molecular flexibility index (Phi) is 3.71. The molecule has 1 rings (SSSR count). The van der Waals surface area contributed by atoms with E-state index in [9.17, 15) is 4.39 Å². The SMILES string of the molecule is C#CCCCNc1ncc(F)cn1. The molecule has 0 unspecified atom stereocenters. The minimum Gasteiger partial charge on any atom is -0.354 e. The van der Waals surface area contributed by atoms with E-state index in [4.69, 9.17) is 6.42 Å².